The van der Waals surface area contributed by atoms with Gasteiger partial charge in [-0.3, -0.25) is 10.0 Å². The van der Waals surface area contributed by atoms with E-state index in [1.54, 1.807) is 18.5 Å². The fourth-order valence-corrected chi connectivity index (χ4v) is 3.93. The molecule has 166 valence electrons. The summed E-state index contributed by atoms with van der Waals surface area (Å²) in [5.74, 6) is -1.24. The number of carbonyl (C=O) groups is 1. The molecule has 0 radical (unpaired) electrons. The van der Waals surface area contributed by atoms with Crippen LogP contribution in [0.2, 0.25) is 0 Å². The minimum atomic E-state index is -1.02. The molecule has 4 N–H and O–H groups in total. The second kappa shape index (κ2) is 8.77. The van der Waals surface area contributed by atoms with Crippen LogP contribution in [0.25, 0.3) is 11.4 Å². The predicted molar refractivity (Wildman–Crippen MR) is 110 cm³/mol. The number of hydrogen-bond acceptors (Lipinski definition) is 7. The van der Waals surface area contributed by atoms with Gasteiger partial charge in [0.2, 0.25) is 0 Å². The minimum absolute atomic E-state index is 0.235. The summed E-state index contributed by atoms with van der Waals surface area (Å²) in [6.45, 7) is 5.75. The van der Waals surface area contributed by atoms with Gasteiger partial charge in [0, 0.05) is 12.6 Å². The molecule has 8 nitrogen and oxygen atoms in total. The average Bonchev–Trinajstić information content (AvgIpc) is 3.31. The number of aromatic nitrogens is 3. The maximum atomic E-state index is 14.4. The molecule has 11 heteroatoms. The molecule has 0 saturated heterocycles. The van der Waals surface area contributed by atoms with Crippen LogP contribution < -0.4 is 11.2 Å². The zero-order chi connectivity index (χ0) is 22.9. The van der Waals surface area contributed by atoms with Crippen molar-refractivity contribution < 1.29 is 23.2 Å². The Morgan fingerprint density at radius 3 is 2.42 bits per heavy atom. The number of benzene rings is 1. The summed E-state index contributed by atoms with van der Waals surface area (Å²) >= 11 is 0.728. The number of aryl methyl sites for hydroxylation is 1. The van der Waals surface area contributed by atoms with Crippen molar-refractivity contribution in [3.8, 4) is 11.4 Å². The molecule has 0 spiro atoms. The van der Waals surface area contributed by atoms with Crippen molar-refractivity contribution in [3.05, 3.63) is 46.9 Å². The standard InChI is InChI=1S/C20H23F2N5O3S/c1-5-20(23,6-2)15-9-12(10(3)30-15)17-24-25-19(27(17)4)31-16-13(21)7-11(8-14(16)22)18(28)26-29/h7-9,29H,5-6,23H2,1-4H3,(H,26,28). The molecular formula is C20H23F2N5O3S. The molecule has 0 saturated carbocycles. The number of nitrogens with two attached hydrogens (primary N) is 1. The van der Waals surface area contributed by atoms with Crippen molar-refractivity contribution >= 4 is 17.7 Å². The van der Waals surface area contributed by atoms with E-state index in [4.69, 9.17) is 15.4 Å². The number of carbonyl (C=O) groups excluding carboxylic acids is 1. The quantitative estimate of drug-likeness (QED) is 0.368. The van der Waals surface area contributed by atoms with Crippen molar-refractivity contribution in [3.63, 3.8) is 0 Å². The van der Waals surface area contributed by atoms with Gasteiger partial charge < -0.3 is 14.7 Å². The fourth-order valence-electron chi connectivity index (χ4n) is 3.13. The summed E-state index contributed by atoms with van der Waals surface area (Å²) in [4.78, 5) is 11.1. The number of furan rings is 1. The lowest BCUT2D eigenvalue weighted by Gasteiger charge is -2.23. The van der Waals surface area contributed by atoms with Crippen LogP contribution in [0, 0.1) is 18.6 Å². The second-order valence-electron chi connectivity index (χ2n) is 7.12. The first-order valence-electron chi connectivity index (χ1n) is 9.56. The smallest absolute Gasteiger partial charge is 0.274 e. The summed E-state index contributed by atoms with van der Waals surface area (Å²) < 4.78 is 36.3. The van der Waals surface area contributed by atoms with Gasteiger partial charge in [0.05, 0.1) is 16.0 Å². The lowest BCUT2D eigenvalue weighted by atomic mass is 9.91. The van der Waals surface area contributed by atoms with Crippen LogP contribution in [-0.4, -0.2) is 25.9 Å². The van der Waals surface area contributed by atoms with Gasteiger partial charge >= 0.3 is 0 Å². The molecule has 0 bridgehead atoms. The zero-order valence-corrected chi connectivity index (χ0v) is 18.3. The van der Waals surface area contributed by atoms with Crippen molar-refractivity contribution in [2.75, 3.05) is 0 Å². The van der Waals surface area contributed by atoms with Crippen LogP contribution in [0.4, 0.5) is 8.78 Å². The van der Waals surface area contributed by atoms with Gasteiger partial charge in [0.25, 0.3) is 5.91 Å². The summed E-state index contributed by atoms with van der Waals surface area (Å²) in [6, 6.07) is 3.48. The average molecular weight is 451 g/mol. The first kappa shape index (κ1) is 22.9. The predicted octanol–water partition coefficient (Wildman–Crippen LogP) is 3.91. The molecule has 1 amide bonds. The lowest BCUT2D eigenvalue weighted by molar-refractivity contribution is 0.0705. The Balaban J connectivity index is 1.95. The number of rotatable bonds is 7. The number of amides is 1. The molecule has 0 aliphatic rings. The van der Waals surface area contributed by atoms with Crippen LogP contribution in [-0.2, 0) is 12.6 Å². The molecular weight excluding hydrogens is 428 g/mol. The highest BCUT2D eigenvalue weighted by atomic mass is 32.2. The van der Waals surface area contributed by atoms with E-state index in [1.165, 1.54) is 5.48 Å². The summed E-state index contributed by atoms with van der Waals surface area (Å²) in [7, 11) is 1.67. The fraction of sp³-hybridized carbons (Fsp3) is 0.350. The van der Waals surface area contributed by atoms with E-state index >= 15 is 0 Å². The van der Waals surface area contributed by atoms with Crippen molar-refractivity contribution in [1.82, 2.24) is 20.2 Å². The van der Waals surface area contributed by atoms with Crippen LogP contribution in [0.1, 0.15) is 48.6 Å². The van der Waals surface area contributed by atoms with Crippen LogP contribution >= 0.6 is 11.8 Å². The van der Waals surface area contributed by atoms with Gasteiger partial charge in [-0.15, -0.1) is 10.2 Å². The van der Waals surface area contributed by atoms with Crippen molar-refractivity contribution in [2.45, 2.75) is 49.2 Å². The van der Waals surface area contributed by atoms with E-state index < -0.39 is 23.1 Å². The van der Waals surface area contributed by atoms with Crippen LogP contribution in [0.15, 0.2) is 32.7 Å². The summed E-state index contributed by atoms with van der Waals surface area (Å²) in [5, 5.41) is 17.1. The number of halogens is 2. The maximum Gasteiger partial charge on any atom is 0.274 e. The largest absolute Gasteiger partial charge is 0.464 e. The Labute approximate surface area is 181 Å². The molecule has 0 unspecified atom stereocenters. The SMILES string of the molecule is CCC(N)(CC)c1cc(-c2nnc(Sc3c(F)cc(C(=O)NO)cc3F)n2C)c(C)o1. The van der Waals surface area contributed by atoms with Gasteiger partial charge in [-0.25, -0.2) is 14.3 Å². The molecule has 0 atom stereocenters. The van der Waals surface area contributed by atoms with Gasteiger partial charge in [0.15, 0.2) is 11.0 Å². The van der Waals surface area contributed by atoms with E-state index in [-0.39, 0.29) is 15.6 Å². The number of hydrogen-bond donors (Lipinski definition) is 3. The van der Waals surface area contributed by atoms with E-state index in [0.717, 1.165) is 23.9 Å². The number of hydroxylamine groups is 1. The molecule has 0 aliphatic carbocycles. The molecule has 2 aromatic heterocycles. The summed E-state index contributed by atoms with van der Waals surface area (Å²) in [5.41, 5.74) is 7.50. The molecule has 1 aromatic carbocycles. The van der Waals surface area contributed by atoms with Crippen molar-refractivity contribution in [1.29, 1.82) is 0 Å². The van der Waals surface area contributed by atoms with Gasteiger partial charge in [-0.05, 0) is 49.7 Å². The normalized spacial score (nSPS) is 11.7. The Bertz CT molecular complexity index is 1100. The van der Waals surface area contributed by atoms with E-state index in [0.29, 0.717) is 35.7 Å². The molecule has 3 aromatic rings. The molecule has 0 fully saturated rings. The minimum Gasteiger partial charge on any atom is -0.464 e. The Morgan fingerprint density at radius 2 is 1.87 bits per heavy atom. The van der Waals surface area contributed by atoms with E-state index in [2.05, 4.69) is 10.2 Å². The van der Waals surface area contributed by atoms with Crippen LogP contribution in [0.5, 0.6) is 0 Å². The lowest BCUT2D eigenvalue weighted by Crippen LogP contribution is -2.34. The Kier molecular flexibility index (Phi) is 6.48. The van der Waals surface area contributed by atoms with Gasteiger partial charge in [0.1, 0.15) is 23.2 Å². The number of nitrogens with one attached hydrogen (secondary N) is 1. The van der Waals surface area contributed by atoms with E-state index in [9.17, 15) is 13.6 Å². The van der Waals surface area contributed by atoms with Gasteiger partial charge in [-0.1, -0.05) is 13.8 Å². The highest BCUT2D eigenvalue weighted by molar-refractivity contribution is 7.99. The third-order valence-corrected chi connectivity index (χ3v) is 6.43. The Hall–Kier alpha value is -2.76. The molecule has 2 heterocycles. The number of nitrogens with zero attached hydrogens (tertiary/aromatic N) is 3. The highest BCUT2D eigenvalue weighted by Gasteiger charge is 2.29. The Morgan fingerprint density at radius 1 is 1.26 bits per heavy atom. The monoisotopic (exact) mass is 451 g/mol. The second-order valence-corrected chi connectivity index (χ2v) is 8.10. The third-order valence-electron chi connectivity index (χ3n) is 5.30. The van der Waals surface area contributed by atoms with E-state index in [1.807, 2.05) is 19.9 Å². The third kappa shape index (κ3) is 4.21. The summed E-state index contributed by atoms with van der Waals surface area (Å²) in [6.07, 6.45) is 1.39. The zero-order valence-electron chi connectivity index (χ0n) is 17.5. The molecule has 0 aliphatic heterocycles. The van der Waals surface area contributed by atoms with Gasteiger partial charge in [-0.2, -0.15) is 0 Å². The maximum absolute atomic E-state index is 14.4. The first-order chi connectivity index (χ1) is 14.6. The highest BCUT2D eigenvalue weighted by Crippen LogP contribution is 2.36. The topological polar surface area (TPSA) is 119 Å². The van der Waals surface area contributed by atoms with Crippen LogP contribution in [0.3, 0.4) is 0 Å². The molecule has 31 heavy (non-hydrogen) atoms. The first-order valence-corrected chi connectivity index (χ1v) is 10.4. The van der Waals surface area contributed by atoms with Crippen molar-refractivity contribution in [2.24, 2.45) is 12.8 Å². The molecule has 3 rings (SSSR count).